The molecule has 3 rings (SSSR count). The maximum atomic E-state index is 14.9. The van der Waals surface area contributed by atoms with Crippen molar-refractivity contribution in [2.75, 3.05) is 29.4 Å². The number of pyridine rings is 1. The second kappa shape index (κ2) is 8.33. The fourth-order valence-corrected chi connectivity index (χ4v) is 2.88. The quantitative estimate of drug-likeness (QED) is 0.536. The highest BCUT2D eigenvalue weighted by molar-refractivity contribution is 5.97. The molecule has 2 heterocycles. The highest BCUT2D eigenvalue weighted by atomic mass is 19.1. The number of ether oxygens (including phenoxy) is 1. The molecule has 1 aliphatic rings. The van der Waals surface area contributed by atoms with Gasteiger partial charge in [0.15, 0.2) is 11.8 Å². The highest BCUT2D eigenvalue weighted by Gasteiger charge is 2.27. The van der Waals surface area contributed by atoms with Gasteiger partial charge >= 0.3 is 6.09 Å². The summed E-state index contributed by atoms with van der Waals surface area (Å²) in [6, 6.07) is 8.22. The van der Waals surface area contributed by atoms with E-state index in [1.54, 1.807) is 46.5 Å². The van der Waals surface area contributed by atoms with Crippen molar-refractivity contribution in [1.82, 2.24) is 10.3 Å². The van der Waals surface area contributed by atoms with Crippen LogP contribution in [-0.4, -0.2) is 42.6 Å². The summed E-state index contributed by atoms with van der Waals surface area (Å²) >= 11 is 0. The maximum Gasteiger partial charge on any atom is 0.414 e. The molecule has 146 valence electrons. The third-order valence-electron chi connectivity index (χ3n) is 4.17. The van der Waals surface area contributed by atoms with E-state index >= 15 is 0 Å². The number of rotatable bonds is 4. The standard InChI is InChI=1S/C18H19FN6O3/c19-16-12(11-28-18(27)23-17(20)21)3-1-5-14(16)24-7-8-25(15(26)10-24)13-4-2-6-22-9-13/h1-6,9H,7-8,10-11H2,(H4,20,21,23,27). The van der Waals surface area contributed by atoms with Gasteiger partial charge in [-0.3, -0.25) is 20.5 Å². The summed E-state index contributed by atoms with van der Waals surface area (Å²) in [7, 11) is 0. The zero-order valence-corrected chi connectivity index (χ0v) is 14.9. The van der Waals surface area contributed by atoms with Crippen molar-refractivity contribution < 1.29 is 18.7 Å². The average Bonchev–Trinajstić information content (AvgIpc) is 2.67. The number of nitrogens with two attached hydrogens (primary N) is 1. The Morgan fingerprint density at radius 3 is 2.82 bits per heavy atom. The van der Waals surface area contributed by atoms with Crippen LogP contribution in [0.25, 0.3) is 0 Å². The zero-order valence-electron chi connectivity index (χ0n) is 14.9. The minimum atomic E-state index is -0.947. The molecular weight excluding hydrogens is 367 g/mol. The molecule has 28 heavy (non-hydrogen) atoms. The average molecular weight is 386 g/mol. The van der Waals surface area contributed by atoms with Gasteiger partial charge in [-0.25, -0.2) is 9.18 Å². The van der Waals surface area contributed by atoms with Gasteiger partial charge in [-0.1, -0.05) is 12.1 Å². The SMILES string of the molecule is N=C(N)NC(=O)OCc1cccc(N2CCN(c3cccnc3)C(=O)C2)c1F. The van der Waals surface area contributed by atoms with Crippen LogP contribution in [0.15, 0.2) is 42.7 Å². The lowest BCUT2D eigenvalue weighted by molar-refractivity contribution is -0.117. The van der Waals surface area contributed by atoms with Gasteiger partial charge in [0.2, 0.25) is 5.91 Å². The smallest absolute Gasteiger partial charge is 0.414 e. The van der Waals surface area contributed by atoms with Crippen molar-refractivity contribution in [2.24, 2.45) is 5.73 Å². The molecule has 0 bridgehead atoms. The molecule has 1 aromatic carbocycles. The molecule has 0 radical (unpaired) electrons. The van der Waals surface area contributed by atoms with Gasteiger partial charge in [0, 0.05) is 24.8 Å². The summed E-state index contributed by atoms with van der Waals surface area (Å²) in [6.45, 7) is 0.516. The fourth-order valence-electron chi connectivity index (χ4n) is 2.88. The molecule has 1 aromatic heterocycles. The minimum Gasteiger partial charge on any atom is -0.444 e. The molecule has 9 nitrogen and oxygen atoms in total. The monoisotopic (exact) mass is 386 g/mol. The fraction of sp³-hybridized carbons (Fsp3) is 0.222. The number of nitrogens with zero attached hydrogens (tertiary/aromatic N) is 3. The first-order valence-electron chi connectivity index (χ1n) is 8.46. The summed E-state index contributed by atoms with van der Waals surface area (Å²) < 4.78 is 19.7. The van der Waals surface area contributed by atoms with Crippen LogP contribution in [0.2, 0.25) is 0 Å². The first-order chi connectivity index (χ1) is 13.5. The maximum absolute atomic E-state index is 14.9. The van der Waals surface area contributed by atoms with E-state index in [1.165, 1.54) is 6.07 Å². The summed E-state index contributed by atoms with van der Waals surface area (Å²) in [5.74, 6) is -1.30. The van der Waals surface area contributed by atoms with Crippen molar-refractivity contribution in [2.45, 2.75) is 6.61 Å². The largest absolute Gasteiger partial charge is 0.444 e. The topological polar surface area (TPSA) is 125 Å². The van der Waals surface area contributed by atoms with Gasteiger partial charge in [-0.2, -0.15) is 0 Å². The van der Waals surface area contributed by atoms with Crippen LogP contribution < -0.4 is 20.9 Å². The molecular formula is C18H19FN6O3. The number of piperazine rings is 1. The predicted octanol–water partition coefficient (Wildman–Crippen LogP) is 1.19. The molecule has 1 aliphatic heterocycles. The van der Waals surface area contributed by atoms with E-state index in [0.717, 1.165) is 0 Å². The van der Waals surface area contributed by atoms with E-state index in [0.29, 0.717) is 18.8 Å². The third-order valence-corrected chi connectivity index (χ3v) is 4.17. The summed E-state index contributed by atoms with van der Waals surface area (Å²) in [5.41, 5.74) is 6.14. The molecule has 0 aliphatic carbocycles. The van der Waals surface area contributed by atoms with Crippen LogP contribution in [-0.2, 0) is 16.1 Å². The first-order valence-corrected chi connectivity index (χ1v) is 8.46. The Bertz CT molecular complexity index is 892. The number of hydrogen-bond donors (Lipinski definition) is 3. The number of benzene rings is 1. The molecule has 0 saturated carbocycles. The van der Waals surface area contributed by atoms with Crippen LogP contribution in [0.1, 0.15) is 5.56 Å². The molecule has 1 saturated heterocycles. The van der Waals surface area contributed by atoms with Crippen molar-refractivity contribution in [3.8, 4) is 0 Å². The molecule has 1 fully saturated rings. The van der Waals surface area contributed by atoms with Crippen molar-refractivity contribution in [3.63, 3.8) is 0 Å². The number of aromatic nitrogens is 1. The lowest BCUT2D eigenvalue weighted by Gasteiger charge is -2.35. The summed E-state index contributed by atoms with van der Waals surface area (Å²) in [4.78, 5) is 31.2. The van der Waals surface area contributed by atoms with Gasteiger partial charge in [-0.15, -0.1) is 0 Å². The van der Waals surface area contributed by atoms with Gasteiger partial charge in [0.25, 0.3) is 0 Å². The Balaban J connectivity index is 1.68. The van der Waals surface area contributed by atoms with Crippen LogP contribution in [0.3, 0.4) is 0 Å². The summed E-state index contributed by atoms with van der Waals surface area (Å²) in [6.07, 6.45) is 2.29. The number of anilines is 2. The van der Waals surface area contributed by atoms with Crippen LogP contribution in [0, 0.1) is 11.2 Å². The van der Waals surface area contributed by atoms with E-state index in [1.807, 2.05) is 5.32 Å². The van der Waals surface area contributed by atoms with E-state index in [9.17, 15) is 14.0 Å². The normalized spacial score (nSPS) is 14.0. The van der Waals surface area contributed by atoms with Crippen LogP contribution >= 0.6 is 0 Å². The van der Waals surface area contributed by atoms with Crippen LogP contribution in [0.4, 0.5) is 20.6 Å². The third kappa shape index (κ3) is 4.34. The Hall–Kier alpha value is -3.69. The first kappa shape index (κ1) is 19.1. The number of amides is 2. The lowest BCUT2D eigenvalue weighted by Crippen LogP contribution is -2.51. The number of alkyl carbamates (subject to hydrolysis) is 1. The number of halogens is 1. The van der Waals surface area contributed by atoms with Gasteiger partial charge in [0.05, 0.1) is 24.1 Å². The molecule has 2 aromatic rings. The Labute approximate surface area is 160 Å². The highest BCUT2D eigenvalue weighted by Crippen LogP contribution is 2.25. The zero-order chi connectivity index (χ0) is 20.1. The van der Waals surface area contributed by atoms with Crippen molar-refractivity contribution >= 4 is 29.3 Å². The van der Waals surface area contributed by atoms with E-state index in [4.69, 9.17) is 15.9 Å². The molecule has 0 spiro atoms. The Morgan fingerprint density at radius 1 is 1.32 bits per heavy atom. The number of carbonyl (C=O) groups is 2. The molecule has 10 heteroatoms. The molecule has 2 amide bonds. The second-order valence-corrected chi connectivity index (χ2v) is 6.04. The number of guanidine groups is 1. The van der Waals surface area contributed by atoms with Gasteiger partial charge in [0.1, 0.15) is 6.61 Å². The lowest BCUT2D eigenvalue weighted by atomic mass is 10.1. The Kier molecular flexibility index (Phi) is 5.68. The molecule has 0 unspecified atom stereocenters. The number of nitrogens with one attached hydrogen (secondary N) is 2. The van der Waals surface area contributed by atoms with Gasteiger partial charge < -0.3 is 20.3 Å². The van der Waals surface area contributed by atoms with Crippen LogP contribution in [0.5, 0.6) is 0 Å². The summed E-state index contributed by atoms with van der Waals surface area (Å²) in [5, 5.41) is 8.91. The molecule has 4 N–H and O–H groups in total. The number of hydrogen-bond acceptors (Lipinski definition) is 6. The predicted molar refractivity (Wildman–Crippen MR) is 100 cm³/mol. The Morgan fingerprint density at radius 2 is 2.14 bits per heavy atom. The van der Waals surface area contributed by atoms with Gasteiger partial charge in [-0.05, 0) is 18.2 Å². The van der Waals surface area contributed by atoms with E-state index < -0.39 is 17.9 Å². The van der Waals surface area contributed by atoms with E-state index in [2.05, 4.69) is 4.98 Å². The molecule has 0 atom stereocenters. The van der Waals surface area contributed by atoms with Crippen molar-refractivity contribution in [3.05, 3.63) is 54.1 Å². The minimum absolute atomic E-state index is 0.0148. The second-order valence-electron chi connectivity index (χ2n) is 6.04. The number of carbonyl (C=O) groups excluding carboxylic acids is 2. The van der Waals surface area contributed by atoms with E-state index in [-0.39, 0.29) is 30.3 Å². The van der Waals surface area contributed by atoms with Crippen molar-refractivity contribution in [1.29, 1.82) is 5.41 Å².